The summed E-state index contributed by atoms with van der Waals surface area (Å²) in [6.45, 7) is 4.68. The highest BCUT2D eigenvalue weighted by Crippen LogP contribution is 2.15. The molecule has 0 atom stereocenters. The molecule has 23 heavy (non-hydrogen) atoms. The number of para-hydroxylation sites is 1. The van der Waals surface area contributed by atoms with Crippen molar-refractivity contribution in [3.05, 3.63) is 59.7 Å². The molecule has 0 radical (unpaired) electrons. The molecule has 5 heteroatoms. The number of nitrogens with one attached hydrogen (secondary N) is 2. The number of benzene rings is 2. The van der Waals surface area contributed by atoms with Crippen molar-refractivity contribution in [1.82, 2.24) is 5.43 Å². The molecule has 0 saturated carbocycles. The minimum atomic E-state index is -0.212. The zero-order valence-electron chi connectivity index (χ0n) is 13.4. The molecule has 0 spiro atoms. The molecule has 0 unspecified atom stereocenters. The van der Waals surface area contributed by atoms with E-state index in [0.29, 0.717) is 6.61 Å². The van der Waals surface area contributed by atoms with E-state index < -0.39 is 0 Å². The Bertz CT molecular complexity index is 666. The first-order chi connectivity index (χ1) is 11.2. The second-order valence-corrected chi connectivity index (χ2v) is 4.98. The van der Waals surface area contributed by atoms with Crippen molar-refractivity contribution in [3.63, 3.8) is 0 Å². The zero-order chi connectivity index (χ0) is 16.5. The Morgan fingerprint density at radius 3 is 2.65 bits per heavy atom. The Labute approximate surface area is 136 Å². The van der Waals surface area contributed by atoms with Gasteiger partial charge in [0.1, 0.15) is 5.75 Å². The number of hydrogen-bond acceptors (Lipinski definition) is 4. The van der Waals surface area contributed by atoms with Gasteiger partial charge in [0.05, 0.1) is 19.4 Å². The molecule has 0 bridgehead atoms. The molecule has 0 fully saturated rings. The molecule has 2 aromatic rings. The fourth-order valence-electron chi connectivity index (χ4n) is 1.94. The van der Waals surface area contributed by atoms with Crippen molar-refractivity contribution in [3.8, 4) is 5.75 Å². The van der Waals surface area contributed by atoms with Gasteiger partial charge in [0.2, 0.25) is 0 Å². The van der Waals surface area contributed by atoms with Gasteiger partial charge < -0.3 is 10.1 Å². The average molecular weight is 311 g/mol. The van der Waals surface area contributed by atoms with E-state index in [1.54, 1.807) is 6.21 Å². The summed E-state index contributed by atoms with van der Waals surface area (Å²) in [5, 5.41) is 7.01. The lowest BCUT2D eigenvalue weighted by Gasteiger charge is -2.07. The van der Waals surface area contributed by atoms with E-state index in [1.165, 1.54) is 5.56 Å². The molecule has 0 aliphatic carbocycles. The standard InChI is InChI=1S/C18H21N3O2/c1-3-23-17-7-5-4-6-15(17)12-20-21-18(22)13-19-16-10-8-14(2)9-11-16/h4-12,19H,3,13H2,1-2H3,(H,21,22). The number of carbonyl (C=O) groups is 1. The molecule has 0 heterocycles. The summed E-state index contributed by atoms with van der Waals surface area (Å²) >= 11 is 0. The number of hydrazone groups is 1. The summed E-state index contributed by atoms with van der Waals surface area (Å²) in [5.74, 6) is 0.529. The van der Waals surface area contributed by atoms with Gasteiger partial charge in [0, 0.05) is 11.3 Å². The fraction of sp³-hybridized carbons (Fsp3) is 0.222. The van der Waals surface area contributed by atoms with E-state index in [9.17, 15) is 4.79 Å². The van der Waals surface area contributed by atoms with Gasteiger partial charge in [-0.3, -0.25) is 4.79 Å². The third-order valence-corrected chi connectivity index (χ3v) is 3.12. The van der Waals surface area contributed by atoms with E-state index in [1.807, 2.05) is 62.4 Å². The quantitative estimate of drug-likeness (QED) is 0.610. The highest BCUT2D eigenvalue weighted by molar-refractivity contribution is 5.86. The summed E-state index contributed by atoms with van der Waals surface area (Å²) in [4.78, 5) is 11.8. The number of ether oxygens (including phenoxy) is 1. The second-order valence-electron chi connectivity index (χ2n) is 4.98. The smallest absolute Gasteiger partial charge is 0.259 e. The monoisotopic (exact) mass is 311 g/mol. The summed E-state index contributed by atoms with van der Waals surface area (Å²) in [6.07, 6.45) is 1.58. The molecule has 2 N–H and O–H groups in total. The van der Waals surface area contributed by atoms with Crippen molar-refractivity contribution in [1.29, 1.82) is 0 Å². The normalized spacial score (nSPS) is 10.5. The van der Waals surface area contributed by atoms with Gasteiger partial charge in [-0.15, -0.1) is 0 Å². The van der Waals surface area contributed by atoms with Crippen LogP contribution >= 0.6 is 0 Å². The number of amides is 1. The van der Waals surface area contributed by atoms with Gasteiger partial charge in [-0.2, -0.15) is 5.10 Å². The Kier molecular flexibility index (Phi) is 6.17. The van der Waals surface area contributed by atoms with Gasteiger partial charge in [-0.25, -0.2) is 5.43 Å². The Morgan fingerprint density at radius 2 is 1.91 bits per heavy atom. The number of nitrogens with zero attached hydrogens (tertiary/aromatic N) is 1. The van der Waals surface area contributed by atoms with Crippen LogP contribution < -0.4 is 15.5 Å². The molecule has 2 aromatic carbocycles. The van der Waals surface area contributed by atoms with E-state index in [0.717, 1.165) is 17.0 Å². The Morgan fingerprint density at radius 1 is 1.17 bits per heavy atom. The first kappa shape index (κ1) is 16.5. The summed E-state index contributed by atoms with van der Waals surface area (Å²) in [7, 11) is 0. The third kappa shape index (κ3) is 5.47. The molecular formula is C18H21N3O2. The van der Waals surface area contributed by atoms with Crippen molar-refractivity contribution >= 4 is 17.8 Å². The van der Waals surface area contributed by atoms with Crippen molar-refractivity contribution in [2.45, 2.75) is 13.8 Å². The van der Waals surface area contributed by atoms with E-state index in [-0.39, 0.29) is 12.5 Å². The maximum absolute atomic E-state index is 11.8. The Hall–Kier alpha value is -2.82. The van der Waals surface area contributed by atoms with Gasteiger partial charge >= 0.3 is 0 Å². The van der Waals surface area contributed by atoms with Crippen LogP contribution in [0.25, 0.3) is 0 Å². The third-order valence-electron chi connectivity index (χ3n) is 3.12. The fourth-order valence-corrected chi connectivity index (χ4v) is 1.94. The van der Waals surface area contributed by atoms with Crippen molar-refractivity contribution < 1.29 is 9.53 Å². The van der Waals surface area contributed by atoms with E-state index in [2.05, 4.69) is 15.8 Å². The number of carbonyl (C=O) groups excluding carboxylic acids is 1. The topological polar surface area (TPSA) is 62.7 Å². The van der Waals surface area contributed by atoms with Gasteiger partial charge in [0.25, 0.3) is 5.91 Å². The number of aryl methyl sites for hydroxylation is 1. The first-order valence-electron chi connectivity index (χ1n) is 7.53. The average Bonchev–Trinajstić information content (AvgIpc) is 2.56. The van der Waals surface area contributed by atoms with Gasteiger partial charge in [-0.05, 0) is 38.1 Å². The van der Waals surface area contributed by atoms with Gasteiger partial charge in [0.15, 0.2) is 0 Å². The molecule has 2 rings (SSSR count). The molecule has 5 nitrogen and oxygen atoms in total. The first-order valence-corrected chi connectivity index (χ1v) is 7.53. The highest BCUT2D eigenvalue weighted by Gasteiger charge is 2.01. The Balaban J connectivity index is 1.83. The lowest BCUT2D eigenvalue weighted by Crippen LogP contribution is -2.25. The van der Waals surface area contributed by atoms with Crippen LogP contribution in [0.15, 0.2) is 53.6 Å². The predicted octanol–water partition coefficient (Wildman–Crippen LogP) is 2.96. The maximum Gasteiger partial charge on any atom is 0.259 e. The second kappa shape index (κ2) is 8.58. The lowest BCUT2D eigenvalue weighted by molar-refractivity contribution is -0.119. The SMILES string of the molecule is CCOc1ccccc1C=NNC(=O)CNc1ccc(C)cc1. The summed E-state index contributed by atoms with van der Waals surface area (Å²) < 4.78 is 5.49. The summed E-state index contributed by atoms with van der Waals surface area (Å²) in [5.41, 5.74) is 5.39. The highest BCUT2D eigenvalue weighted by atomic mass is 16.5. The lowest BCUT2D eigenvalue weighted by atomic mass is 10.2. The summed E-state index contributed by atoms with van der Waals surface area (Å²) in [6, 6.07) is 15.4. The van der Waals surface area contributed by atoms with Crippen molar-refractivity contribution in [2.75, 3.05) is 18.5 Å². The minimum Gasteiger partial charge on any atom is -0.493 e. The molecule has 0 saturated heterocycles. The number of rotatable bonds is 7. The number of hydrogen-bond donors (Lipinski definition) is 2. The van der Waals surface area contributed by atoms with Gasteiger partial charge in [-0.1, -0.05) is 29.8 Å². The van der Waals surface area contributed by atoms with E-state index >= 15 is 0 Å². The van der Waals surface area contributed by atoms with Crippen LogP contribution in [-0.4, -0.2) is 25.3 Å². The van der Waals surface area contributed by atoms with E-state index in [4.69, 9.17) is 4.74 Å². The molecule has 0 aliphatic heterocycles. The van der Waals surface area contributed by atoms with Crippen LogP contribution in [0.3, 0.4) is 0 Å². The van der Waals surface area contributed by atoms with Crippen LogP contribution in [0.1, 0.15) is 18.1 Å². The minimum absolute atomic E-state index is 0.160. The molecule has 120 valence electrons. The molecule has 0 aliphatic rings. The van der Waals surface area contributed by atoms with Crippen LogP contribution in [0.4, 0.5) is 5.69 Å². The van der Waals surface area contributed by atoms with Crippen LogP contribution in [0.2, 0.25) is 0 Å². The largest absolute Gasteiger partial charge is 0.493 e. The maximum atomic E-state index is 11.8. The zero-order valence-corrected chi connectivity index (χ0v) is 13.4. The van der Waals surface area contributed by atoms with Crippen LogP contribution in [-0.2, 0) is 4.79 Å². The van der Waals surface area contributed by atoms with Crippen LogP contribution in [0, 0.1) is 6.92 Å². The van der Waals surface area contributed by atoms with Crippen LogP contribution in [0.5, 0.6) is 5.75 Å². The molecule has 0 aromatic heterocycles. The molecule has 1 amide bonds. The predicted molar refractivity (Wildman–Crippen MR) is 93.0 cm³/mol. The molecular weight excluding hydrogens is 290 g/mol. The van der Waals surface area contributed by atoms with Crippen molar-refractivity contribution in [2.24, 2.45) is 5.10 Å². The number of anilines is 1.